The summed E-state index contributed by atoms with van der Waals surface area (Å²) < 4.78 is 27.9. The normalized spacial score (nSPS) is 23.8. The van der Waals surface area contributed by atoms with Gasteiger partial charge in [-0.3, -0.25) is 9.02 Å². The van der Waals surface area contributed by atoms with Crippen molar-refractivity contribution in [2.75, 3.05) is 19.4 Å². The fourth-order valence-corrected chi connectivity index (χ4v) is 3.52. The number of hydroxylamine groups is 1. The summed E-state index contributed by atoms with van der Waals surface area (Å²) in [6, 6.07) is 5.31. The number of nitrogens with one attached hydrogen (secondary N) is 1. The van der Waals surface area contributed by atoms with E-state index in [2.05, 4.69) is 9.66 Å². The molecule has 1 aliphatic heterocycles. The third-order valence-electron chi connectivity index (χ3n) is 3.47. The summed E-state index contributed by atoms with van der Waals surface area (Å²) in [6.07, 6.45) is 1.11. The average Bonchev–Trinajstić information content (AvgIpc) is 2.67. The van der Waals surface area contributed by atoms with Crippen LogP contribution in [0.25, 0.3) is 0 Å². The Morgan fingerprint density at radius 2 is 2.14 bits per heavy atom. The second-order valence-corrected chi connectivity index (χ2v) is 7.46. The third-order valence-corrected chi connectivity index (χ3v) is 5.46. The second-order valence-electron chi connectivity index (χ2n) is 4.86. The van der Waals surface area contributed by atoms with Crippen molar-refractivity contribution in [2.45, 2.75) is 24.9 Å². The predicted octanol–water partition coefficient (Wildman–Crippen LogP) is 2.74. The number of hydrogen-bond acceptors (Lipinski definition) is 5. The third kappa shape index (κ3) is 4.55. The maximum atomic E-state index is 11.7. The summed E-state index contributed by atoms with van der Waals surface area (Å²) in [5.41, 5.74) is 3.70. The van der Waals surface area contributed by atoms with E-state index in [9.17, 15) is 8.42 Å². The highest BCUT2D eigenvalue weighted by molar-refractivity contribution is 7.86. The summed E-state index contributed by atoms with van der Waals surface area (Å²) in [4.78, 5) is 5.49. The van der Waals surface area contributed by atoms with Crippen LogP contribution < -0.4 is 5.48 Å². The van der Waals surface area contributed by atoms with Crippen LogP contribution in [0, 0.1) is 0 Å². The topological polar surface area (TPSA) is 64.6 Å². The zero-order chi connectivity index (χ0) is 15.5. The van der Waals surface area contributed by atoms with E-state index in [1.807, 2.05) is 6.07 Å². The Balaban J connectivity index is 2.28. The van der Waals surface area contributed by atoms with E-state index in [0.717, 1.165) is 25.5 Å². The van der Waals surface area contributed by atoms with Crippen LogP contribution in [-0.4, -0.2) is 33.9 Å². The first kappa shape index (κ1) is 17.0. The molecular weight excluding hydrogens is 337 g/mol. The molecule has 0 radical (unpaired) electrons. The van der Waals surface area contributed by atoms with Crippen molar-refractivity contribution < 1.29 is 17.4 Å². The molecule has 1 aromatic rings. The summed E-state index contributed by atoms with van der Waals surface area (Å²) in [5, 5.41) is 0.911. The van der Waals surface area contributed by atoms with Crippen LogP contribution in [0.3, 0.4) is 0 Å². The van der Waals surface area contributed by atoms with E-state index in [4.69, 9.17) is 28.0 Å². The minimum atomic E-state index is -3.62. The van der Waals surface area contributed by atoms with Crippen molar-refractivity contribution in [3.63, 3.8) is 0 Å². The Kier molecular flexibility index (Phi) is 5.88. The zero-order valence-corrected chi connectivity index (χ0v) is 13.8. The van der Waals surface area contributed by atoms with E-state index in [0.29, 0.717) is 16.6 Å². The van der Waals surface area contributed by atoms with Gasteiger partial charge in [-0.25, -0.2) is 5.48 Å². The molecule has 5 nitrogen and oxygen atoms in total. The molecule has 0 saturated carbocycles. The molecule has 1 aromatic carbocycles. The Morgan fingerprint density at radius 3 is 2.81 bits per heavy atom. The van der Waals surface area contributed by atoms with Crippen LogP contribution in [0.1, 0.15) is 24.3 Å². The van der Waals surface area contributed by atoms with Gasteiger partial charge in [0.1, 0.15) is 11.9 Å². The SMILES string of the molecule is COS(=O)(=O)C[C@@H]1ONCCC[C@@H]1c1ccc(Cl)c(Cl)c1. The van der Waals surface area contributed by atoms with E-state index >= 15 is 0 Å². The second kappa shape index (κ2) is 7.26. The van der Waals surface area contributed by atoms with E-state index in [1.165, 1.54) is 0 Å². The van der Waals surface area contributed by atoms with Crippen molar-refractivity contribution in [1.29, 1.82) is 0 Å². The van der Waals surface area contributed by atoms with Gasteiger partial charge in [0.05, 0.1) is 17.2 Å². The maximum absolute atomic E-state index is 11.7. The number of halogens is 2. The lowest BCUT2D eigenvalue weighted by atomic mass is 9.90. The Labute approximate surface area is 134 Å². The summed E-state index contributed by atoms with van der Waals surface area (Å²) in [5.74, 6) is -0.318. The molecule has 1 heterocycles. The number of rotatable bonds is 4. The van der Waals surface area contributed by atoms with Gasteiger partial charge in [-0.1, -0.05) is 29.3 Å². The van der Waals surface area contributed by atoms with Crippen LogP contribution in [0.4, 0.5) is 0 Å². The lowest BCUT2D eigenvalue weighted by Crippen LogP contribution is -2.33. The van der Waals surface area contributed by atoms with Crippen LogP contribution in [0.15, 0.2) is 18.2 Å². The van der Waals surface area contributed by atoms with Gasteiger partial charge >= 0.3 is 0 Å². The summed E-state index contributed by atoms with van der Waals surface area (Å²) in [6.45, 7) is 0.668. The molecule has 1 N–H and O–H groups in total. The first-order valence-electron chi connectivity index (χ1n) is 6.54. The van der Waals surface area contributed by atoms with E-state index < -0.39 is 16.2 Å². The van der Waals surface area contributed by atoms with Crippen LogP contribution >= 0.6 is 23.2 Å². The van der Waals surface area contributed by atoms with Gasteiger partial charge in [0, 0.05) is 12.5 Å². The molecule has 0 bridgehead atoms. The molecule has 21 heavy (non-hydrogen) atoms. The highest BCUT2D eigenvalue weighted by Crippen LogP contribution is 2.33. The molecule has 0 aliphatic carbocycles. The average molecular weight is 354 g/mol. The molecule has 1 aliphatic rings. The molecule has 2 rings (SSSR count). The van der Waals surface area contributed by atoms with Gasteiger partial charge in [0.15, 0.2) is 0 Å². The lowest BCUT2D eigenvalue weighted by molar-refractivity contribution is -0.0143. The van der Waals surface area contributed by atoms with Crippen molar-refractivity contribution in [3.8, 4) is 0 Å². The minimum absolute atomic E-state index is 0.0975. The van der Waals surface area contributed by atoms with Crippen LogP contribution in [0.2, 0.25) is 10.0 Å². The van der Waals surface area contributed by atoms with Crippen molar-refractivity contribution in [3.05, 3.63) is 33.8 Å². The van der Waals surface area contributed by atoms with Crippen molar-refractivity contribution >= 4 is 33.3 Å². The van der Waals surface area contributed by atoms with Gasteiger partial charge in [-0.2, -0.15) is 8.42 Å². The van der Waals surface area contributed by atoms with Gasteiger partial charge in [0.25, 0.3) is 10.1 Å². The molecule has 1 fully saturated rings. The highest BCUT2D eigenvalue weighted by atomic mass is 35.5. The zero-order valence-electron chi connectivity index (χ0n) is 11.5. The molecule has 0 spiro atoms. The first-order valence-corrected chi connectivity index (χ1v) is 8.88. The van der Waals surface area contributed by atoms with E-state index in [-0.39, 0.29) is 11.7 Å². The minimum Gasteiger partial charge on any atom is -0.297 e. The number of benzene rings is 1. The fourth-order valence-electron chi connectivity index (χ4n) is 2.37. The number of hydrogen-bond donors (Lipinski definition) is 1. The smallest absolute Gasteiger partial charge is 0.269 e. The molecule has 2 atom stereocenters. The fraction of sp³-hybridized carbons (Fsp3) is 0.538. The molecule has 8 heteroatoms. The van der Waals surface area contributed by atoms with Gasteiger partial charge in [-0.15, -0.1) is 0 Å². The van der Waals surface area contributed by atoms with Crippen LogP contribution in [-0.2, 0) is 19.1 Å². The molecular formula is C13H17Cl2NO4S. The lowest BCUT2D eigenvalue weighted by Gasteiger charge is -2.24. The first-order chi connectivity index (χ1) is 9.93. The van der Waals surface area contributed by atoms with Gasteiger partial charge < -0.3 is 0 Å². The Bertz CT molecular complexity index is 594. The quantitative estimate of drug-likeness (QED) is 0.843. The highest BCUT2D eigenvalue weighted by Gasteiger charge is 2.31. The standard InChI is InChI=1S/C13H17Cl2NO4S/c1-19-21(17,18)8-13-10(3-2-6-16-20-13)9-4-5-11(14)12(15)7-9/h4-5,7,10,13,16H,2-3,6,8H2,1H3/t10-,13+/m1/s1. The largest absolute Gasteiger partial charge is 0.297 e. The molecule has 0 aromatic heterocycles. The molecule has 118 valence electrons. The van der Waals surface area contributed by atoms with E-state index in [1.54, 1.807) is 12.1 Å². The maximum Gasteiger partial charge on any atom is 0.269 e. The summed E-state index contributed by atoms with van der Waals surface area (Å²) >= 11 is 12.0. The van der Waals surface area contributed by atoms with Gasteiger partial charge in [0.2, 0.25) is 0 Å². The van der Waals surface area contributed by atoms with Crippen LogP contribution in [0.5, 0.6) is 0 Å². The Hall–Kier alpha value is -0.370. The van der Waals surface area contributed by atoms with Crippen molar-refractivity contribution in [1.82, 2.24) is 5.48 Å². The Morgan fingerprint density at radius 1 is 1.38 bits per heavy atom. The monoisotopic (exact) mass is 353 g/mol. The predicted molar refractivity (Wildman–Crippen MR) is 82.1 cm³/mol. The van der Waals surface area contributed by atoms with Gasteiger partial charge in [-0.05, 0) is 30.5 Å². The molecule has 0 amide bonds. The molecule has 1 saturated heterocycles. The molecule has 0 unspecified atom stereocenters. The van der Waals surface area contributed by atoms with Crippen molar-refractivity contribution in [2.24, 2.45) is 0 Å². The summed E-state index contributed by atoms with van der Waals surface area (Å²) in [7, 11) is -2.47.